The molecule has 4 heteroatoms. The maximum atomic E-state index is 11.3. The summed E-state index contributed by atoms with van der Waals surface area (Å²) in [6, 6.07) is 6.95. The fourth-order valence-corrected chi connectivity index (χ4v) is 1.06. The Morgan fingerprint density at radius 1 is 1.20 bits per heavy atom. The highest BCUT2D eigenvalue weighted by Gasteiger charge is 2.17. The molecule has 0 N–H and O–H groups in total. The van der Waals surface area contributed by atoms with Crippen molar-refractivity contribution >= 4 is 18.8 Å². The molecule has 0 spiro atoms. The van der Waals surface area contributed by atoms with Crippen LogP contribution in [-0.4, -0.2) is 11.8 Å². The topological polar surface area (TPSA) is 35.5 Å². The second kappa shape index (κ2) is 4.57. The van der Waals surface area contributed by atoms with Gasteiger partial charge in [-0.25, -0.2) is 4.79 Å². The van der Waals surface area contributed by atoms with Gasteiger partial charge in [-0.3, -0.25) is 0 Å². The van der Waals surface area contributed by atoms with E-state index in [1.165, 1.54) is 0 Å². The van der Waals surface area contributed by atoms with Crippen molar-refractivity contribution in [1.82, 2.24) is 0 Å². The Bertz CT molecular complexity index is 338. The molecule has 0 aliphatic carbocycles. The molecule has 0 aromatic heterocycles. The molecule has 0 amide bonds. The Morgan fingerprint density at radius 3 is 2.20 bits per heavy atom. The van der Waals surface area contributed by atoms with Gasteiger partial charge in [-0.2, -0.15) is 0 Å². The van der Waals surface area contributed by atoms with E-state index in [4.69, 9.17) is 9.47 Å². The maximum Gasteiger partial charge on any atom is 0.514 e. The van der Waals surface area contributed by atoms with E-state index in [0.717, 1.165) is 4.90 Å². The van der Waals surface area contributed by atoms with Crippen LogP contribution in [0, 0.1) is 0 Å². The molecule has 1 rings (SSSR count). The van der Waals surface area contributed by atoms with Gasteiger partial charge in [0.15, 0.2) is 4.90 Å². The smallest absolute Gasteiger partial charge is 0.428 e. The molecule has 3 nitrogen and oxygen atoms in total. The second-order valence-electron chi connectivity index (χ2n) is 4.09. The first kappa shape index (κ1) is 11.9. The van der Waals surface area contributed by atoms with Gasteiger partial charge in [-0.15, -0.1) is 0 Å². The van der Waals surface area contributed by atoms with E-state index in [1.807, 2.05) is 0 Å². The lowest BCUT2D eigenvalue weighted by molar-refractivity contribution is 0.0206. The summed E-state index contributed by atoms with van der Waals surface area (Å²) in [5.74, 6) is 0.464. The van der Waals surface area contributed by atoms with Crippen molar-refractivity contribution in [3.05, 3.63) is 24.3 Å². The number of hydrogen-bond acceptors (Lipinski definition) is 3. The van der Waals surface area contributed by atoms with Crippen molar-refractivity contribution in [2.45, 2.75) is 31.3 Å². The van der Waals surface area contributed by atoms with E-state index in [0.29, 0.717) is 5.75 Å². The normalized spacial score (nSPS) is 10.9. The average molecular weight is 227 g/mol. The Balaban J connectivity index is 2.55. The average Bonchev–Trinajstić information content (AvgIpc) is 2.05. The lowest BCUT2D eigenvalue weighted by Gasteiger charge is -2.18. The molecule has 1 aromatic rings. The number of benzene rings is 1. The van der Waals surface area contributed by atoms with Gasteiger partial charge in [-0.05, 0) is 57.7 Å². The number of rotatable bonds is 1. The largest absolute Gasteiger partial charge is 0.514 e. The number of carbonyl (C=O) groups is 1. The summed E-state index contributed by atoms with van der Waals surface area (Å²) in [5, 5.41) is 0. The SMILES string of the molecule is CC(C)(C)OC(=O)Oc1ccc([SH2+])cc1. The van der Waals surface area contributed by atoms with Crippen LogP contribution in [-0.2, 0) is 17.4 Å². The first-order chi connectivity index (χ1) is 6.87. The minimum atomic E-state index is -0.691. The molecule has 82 valence electrons. The summed E-state index contributed by atoms with van der Waals surface area (Å²) < 4.78 is 9.96. The van der Waals surface area contributed by atoms with Crippen LogP contribution in [0.4, 0.5) is 4.79 Å². The molecule has 0 unspecified atom stereocenters. The highest BCUT2D eigenvalue weighted by atomic mass is 32.1. The van der Waals surface area contributed by atoms with Gasteiger partial charge >= 0.3 is 6.16 Å². The highest BCUT2D eigenvalue weighted by molar-refractivity contribution is 7.58. The lowest BCUT2D eigenvalue weighted by atomic mass is 10.2. The van der Waals surface area contributed by atoms with Crippen LogP contribution in [0.25, 0.3) is 0 Å². The van der Waals surface area contributed by atoms with E-state index in [9.17, 15) is 4.79 Å². The quantitative estimate of drug-likeness (QED) is 0.420. The van der Waals surface area contributed by atoms with E-state index in [-0.39, 0.29) is 0 Å². The number of hydrogen-bond donors (Lipinski definition) is 0. The predicted octanol–water partition coefficient (Wildman–Crippen LogP) is 2.37. The predicted molar refractivity (Wildman–Crippen MR) is 61.7 cm³/mol. The summed E-state index contributed by atoms with van der Waals surface area (Å²) in [4.78, 5) is 12.2. The van der Waals surface area contributed by atoms with Crippen molar-refractivity contribution in [3.63, 3.8) is 0 Å². The van der Waals surface area contributed by atoms with Gasteiger partial charge in [-0.1, -0.05) is 0 Å². The van der Waals surface area contributed by atoms with E-state index < -0.39 is 11.8 Å². The molecule has 0 atom stereocenters. The standard InChI is InChI=1S/C11H14O3S/c1-11(2,3)14-10(12)13-8-4-6-9(15)7-5-8/h4-7,15H,1-3H3/p+1. The summed E-state index contributed by atoms with van der Waals surface area (Å²) in [7, 11) is 0. The summed E-state index contributed by atoms with van der Waals surface area (Å²) in [6.07, 6.45) is -0.691. The monoisotopic (exact) mass is 227 g/mol. The van der Waals surface area contributed by atoms with E-state index >= 15 is 0 Å². The third-order valence-electron chi connectivity index (χ3n) is 1.45. The number of ether oxygens (including phenoxy) is 2. The maximum absolute atomic E-state index is 11.3. The van der Waals surface area contributed by atoms with Crippen molar-refractivity contribution in [2.24, 2.45) is 0 Å². The van der Waals surface area contributed by atoms with Crippen LogP contribution in [0.2, 0.25) is 0 Å². The van der Waals surface area contributed by atoms with Gasteiger partial charge in [0.1, 0.15) is 11.4 Å². The van der Waals surface area contributed by atoms with Crippen LogP contribution >= 0.6 is 0 Å². The lowest BCUT2D eigenvalue weighted by Crippen LogP contribution is -2.25. The van der Waals surface area contributed by atoms with Gasteiger partial charge in [0, 0.05) is 0 Å². The molecule has 0 heterocycles. The molecule has 0 radical (unpaired) electrons. The van der Waals surface area contributed by atoms with Crippen LogP contribution in [0.3, 0.4) is 0 Å². The fraction of sp³-hybridized carbons (Fsp3) is 0.364. The zero-order chi connectivity index (χ0) is 11.5. The second-order valence-corrected chi connectivity index (χ2v) is 4.67. The first-order valence-electron chi connectivity index (χ1n) is 4.59. The zero-order valence-corrected chi connectivity index (χ0v) is 10.0. The van der Waals surface area contributed by atoms with Crippen LogP contribution in [0.5, 0.6) is 5.75 Å². The van der Waals surface area contributed by atoms with Crippen molar-refractivity contribution < 1.29 is 14.3 Å². The molecule has 0 saturated heterocycles. The molecule has 0 saturated carbocycles. The van der Waals surface area contributed by atoms with Gasteiger partial charge in [0.2, 0.25) is 0 Å². The summed E-state index contributed by atoms with van der Waals surface area (Å²) in [5.41, 5.74) is -0.536. The summed E-state index contributed by atoms with van der Waals surface area (Å²) >= 11 is 3.34. The Kier molecular flexibility index (Phi) is 3.63. The van der Waals surface area contributed by atoms with Gasteiger partial charge in [0.25, 0.3) is 0 Å². The minimum Gasteiger partial charge on any atom is -0.428 e. The third-order valence-corrected chi connectivity index (χ3v) is 1.78. The molecule has 1 aromatic carbocycles. The number of carbonyl (C=O) groups excluding carboxylic acids is 1. The zero-order valence-electron chi connectivity index (χ0n) is 9.03. The fourth-order valence-electron chi connectivity index (χ4n) is 0.890. The molecule has 15 heavy (non-hydrogen) atoms. The molecular formula is C11H15O3S+. The van der Waals surface area contributed by atoms with Crippen LogP contribution < -0.4 is 4.74 Å². The van der Waals surface area contributed by atoms with E-state index in [1.54, 1.807) is 45.0 Å². The van der Waals surface area contributed by atoms with Crippen molar-refractivity contribution in [3.8, 4) is 5.75 Å². The van der Waals surface area contributed by atoms with E-state index in [2.05, 4.69) is 12.6 Å². The molecule has 0 bridgehead atoms. The Labute approximate surface area is 94.8 Å². The van der Waals surface area contributed by atoms with Crippen LogP contribution in [0.15, 0.2) is 29.2 Å². The molecule has 0 fully saturated rings. The summed E-state index contributed by atoms with van der Waals surface area (Å²) in [6.45, 7) is 5.36. The van der Waals surface area contributed by atoms with Crippen molar-refractivity contribution in [1.29, 1.82) is 0 Å². The third kappa shape index (κ3) is 4.74. The van der Waals surface area contributed by atoms with Crippen LogP contribution in [0.1, 0.15) is 20.8 Å². The molecular weight excluding hydrogens is 212 g/mol. The van der Waals surface area contributed by atoms with Crippen molar-refractivity contribution in [2.75, 3.05) is 0 Å². The molecule has 0 aliphatic heterocycles. The molecule has 0 aliphatic rings. The highest BCUT2D eigenvalue weighted by Crippen LogP contribution is 2.14. The Morgan fingerprint density at radius 2 is 1.73 bits per heavy atom. The Hall–Kier alpha value is -1.16. The first-order valence-corrected chi connectivity index (χ1v) is 5.09. The van der Waals surface area contributed by atoms with Gasteiger partial charge in [0.05, 0.1) is 0 Å². The minimum absolute atomic E-state index is 0.464. The van der Waals surface area contributed by atoms with Gasteiger partial charge < -0.3 is 9.47 Å².